The lowest BCUT2D eigenvalue weighted by molar-refractivity contribution is 0.811. The molecule has 0 spiro atoms. The molecular formula is C10H16ClN. The van der Waals surface area contributed by atoms with Crippen LogP contribution in [0.25, 0.3) is 0 Å². The molecule has 0 heterocycles. The van der Waals surface area contributed by atoms with Gasteiger partial charge in [-0.3, -0.25) is 0 Å². The first-order chi connectivity index (χ1) is 5.24. The van der Waals surface area contributed by atoms with E-state index in [1.807, 2.05) is 7.05 Å². The van der Waals surface area contributed by atoms with E-state index in [-0.39, 0.29) is 12.4 Å². The molecule has 1 N–H and O–H groups in total. The van der Waals surface area contributed by atoms with Crippen molar-refractivity contribution in [2.75, 3.05) is 7.05 Å². The zero-order valence-corrected chi connectivity index (χ0v) is 8.66. The molecule has 0 saturated heterocycles. The van der Waals surface area contributed by atoms with Crippen LogP contribution in [0.1, 0.15) is 16.7 Å². The summed E-state index contributed by atoms with van der Waals surface area (Å²) in [6.45, 7) is 5.23. The fourth-order valence-corrected chi connectivity index (χ4v) is 1.18. The number of halogens is 1. The average molecular weight is 186 g/mol. The molecule has 68 valence electrons. The number of hydrogen-bond acceptors (Lipinski definition) is 1. The minimum absolute atomic E-state index is 0. The summed E-state index contributed by atoms with van der Waals surface area (Å²) >= 11 is 0. The molecule has 0 aliphatic carbocycles. The quantitative estimate of drug-likeness (QED) is 0.747. The van der Waals surface area contributed by atoms with Crippen molar-refractivity contribution in [3.8, 4) is 0 Å². The van der Waals surface area contributed by atoms with Gasteiger partial charge in [0.15, 0.2) is 0 Å². The van der Waals surface area contributed by atoms with Crippen LogP contribution in [0.3, 0.4) is 0 Å². The molecule has 0 aliphatic heterocycles. The lowest BCUT2D eigenvalue weighted by atomic mass is 10.1. The maximum atomic E-state index is 3.15. The molecule has 0 fully saturated rings. The summed E-state index contributed by atoms with van der Waals surface area (Å²) in [5.41, 5.74) is 4.10. The largest absolute Gasteiger partial charge is 0.316 e. The lowest BCUT2D eigenvalue weighted by Gasteiger charge is -2.05. The first-order valence-corrected chi connectivity index (χ1v) is 3.95. The van der Waals surface area contributed by atoms with Crippen molar-refractivity contribution in [2.45, 2.75) is 20.4 Å². The van der Waals surface area contributed by atoms with Crippen LogP contribution < -0.4 is 5.32 Å². The summed E-state index contributed by atoms with van der Waals surface area (Å²) in [6, 6.07) is 6.54. The van der Waals surface area contributed by atoms with Gasteiger partial charge in [-0.15, -0.1) is 12.4 Å². The standard InChI is InChI=1S/C10H15N.ClH/c1-8-4-5-9(2)10(6-8)7-11-3;/h4-6,11H,7H2,1-3H3;1H. The Labute approximate surface area is 80.6 Å². The zero-order chi connectivity index (χ0) is 8.27. The Balaban J connectivity index is 0.00000121. The minimum atomic E-state index is 0. The monoisotopic (exact) mass is 185 g/mol. The van der Waals surface area contributed by atoms with E-state index >= 15 is 0 Å². The molecule has 2 heteroatoms. The van der Waals surface area contributed by atoms with Gasteiger partial charge in [0.25, 0.3) is 0 Å². The van der Waals surface area contributed by atoms with Gasteiger partial charge < -0.3 is 5.32 Å². The molecule has 0 atom stereocenters. The Morgan fingerprint density at radius 2 is 1.92 bits per heavy atom. The molecule has 0 amide bonds. The van der Waals surface area contributed by atoms with Gasteiger partial charge in [0.05, 0.1) is 0 Å². The number of aryl methyl sites for hydroxylation is 2. The Kier molecular flexibility index (Phi) is 4.95. The van der Waals surface area contributed by atoms with E-state index in [1.54, 1.807) is 0 Å². The molecule has 0 saturated carbocycles. The SMILES string of the molecule is CNCc1cc(C)ccc1C.Cl. The van der Waals surface area contributed by atoms with Crippen LogP contribution >= 0.6 is 12.4 Å². The summed E-state index contributed by atoms with van der Waals surface area (Å²) in [5.74, 6) is 0. The van der Waals surface area contributed by atoms with Crippen LogP contribution in [0, 0.1) is 13.8 Å². The first-order valence-electron chi connectivity index (χ1n) is 3.95. The predicted molar refractivity (Wildman–Crippen MR) is 55.9 cm³/mol. The van der Waals surface area contributed by atoms with E-state index < -0.39 is 0 Å². The fraction of sp³-hybridized carbons (Fsp3) is 0.400. The van der Waals surface area contributed by atoms with Crippen LogP contribution in [0.5, 0.6) is 0 Å². The molecule has 0 radical (unpaired) electrons. The second kappa shape index (κ2) is 5.18. The van der Waals surface area contributed by atoms with Gasteiger partial charge in [-0.1, -0.05) is 23.8 Å². The highest BCUT2D eigenvalue weighted by Crippen LogP contribution is 2.09. The van der Waals surface area contributed by atoms with E-state index in [0.29, 0.717) is 0 Å². The smallest absolute Gasteiger partial charge is 0.0205 e. The molecule has 0 aliphatic rings. The molecule has 0 bridgehead atoms. The van der Waals surface area contributed by atoms with Gasteiger partial charge in [-0.2, -0.15) is 0 Å². The molecule has 1 aromatic carbocycles. The maximum Gasteiger partial charge on any atom is 0.0205 e. The zero-order valence-electron chi connectivity index (χ0n) is 7.85. The van der Waals surface area contributed by atoms with Gasteiger partial charge in [0.1, 0.15) is 0 Å². The first kappa shape index (κ1) is 11.5. The second-order valence-corrected chi connectivity index (χ2v) is 2.96. The highest BCUT2D eigenvalue weighted by Gasteiger charge is 1.95. The van der Waals surface area contributed by atoms with Crippen LogP contribution in [0.4, 0.5) is 0 Å². The Morgan fingerprint density at radius 1 is 1.25 bits per heavy atom. The van der Waals surface area contributed by atoms with Crippen molar-refractivity contribution >= 4 is 12.4 Å². The molecule has 1 rings (SSSR count). The van der Waals surface area contributed by atoms with Crippen molar-refractivity contribution in [3.05, 3.63) is 34.9 Å². The normalized spacial score (nSPS) is 9.25. The van der Waals surface area contributed by atoms with Crippen molar-refractivity contribution in [2.24, 2.45) is 0 Å². The third-order valence-electron chi connectivity index (χ3n) is 1.87. The minimum Gasteiger partial charge on any atom is -0.316 e. The predicted octanol–water partition coefficient (Wildman–Crippen LogP) is 2.44. The summed E-state index contributed by atoms with van der Waals surface area (Å²) in [6.07, 6.45) is 0. The molecule has 0 aromatic heterocycles. The van der Waals surface area contributed by atoms with Crippen LogP contribution in [0.15, 0.2) is 18.2 Å². The molecule has 12 heavy (non-hydrogen) atoms. The number of hydrogen-bond donors (Lipinski definition) is 1. The van der Waals surface area contributed by atoms with Crippen LogP contribution in [0.2, 0.25) is 0 Å². The summed E-state index contributed by atoms with van der Waals surface area (Å²) in [5, 5.41) is 3.15. The van der Waals surface area contributed by atoms with Crippen molar-refractivity contribution < 1.29 is 0 Å². The summed E-state index contributed by atoms with van der Waals surface area (Å²) in [4.78, 5) is 0. The maximum absolute atomic E-state index is 3.15. The third kappa shape index (κ3) is 2.84. The van der Waals surface area contributed by atoms with E-state index in [2.05, 4.69) is 37.4 Å². The lowest BCUT2D eigenvalue weighted by Crippen LogP contribution is -2.06. The average Bonchev–Trinajstić information content (AvgIpc) is 1.98. The summed E-state index contributed by atoms with van der Waals surface area (Å²) in [7, 11) is 1.97. The van der Waals surface area contributed by atoms with E-state index in [4.69, 9.17) is 0 Å². The van der Waals surface area contributed by atoms with Gasteiger partial charge in [0.2, 0.25) is 0 Å². The second-order valence-electron chi connectivity index (χ2n) is 2.96. The van der Waals surface area contributed by atoms with Crippen molar-refractivity contribution in [3.63, 3.8) is 0 Å². The Hall–Kier alpha value is -0.530. The van der Waals surface area contributed by atoms with Crippen LogP contribution in [-0.2, 0) is 6.54 Å². The van der Waals surface area contributed by atoms with E-state index in [9.17, 15) is 0 Å². The van der Waals surface area contributed by atoms with Gasteiger partial charge in [0, 0.05) is 6.54 Å². The highest BCUT2D eigenvalue weighted by atomic mass is 35.5. The van der Waals surface area contributed by atoms with Gasteiger partial charge in [-0.05, 0) is 32.0 Å². The van der Waals surface area contributed by atoms with Gasteiger partial charge in [-0.25, -0.2) is 0 Å². The van der Waals surface area contributed by atoms with E-state index in [0.717, 1.165) is 6.54 Å². The Morgan fingerprint density at radius 3 is 2.50 bits per heavy atom. The molecule has 1 nitrogen and oxygen atoms in total. The van der Waals surface area contributed by atoms with Crippen molar-refractivity contribution in [1.29, 1.82) is 0 Å². The number of benzene rings is 1. The Bertz CT molecular complexity index is 246. The number of rotatable bonds is 2. The number of nitrogens with one attached hydrogen (secondary N) is 1. The molecule has 1 aromatic rings. The summed E-state index contributed by atoms with van der Waals surface area (Å²) < 4.78 is 0. The third-order valence-corrected chi connectivity index (χ3v) is 1.87. The van der Waals surface area contributed by atoms with Gasteiger partial charge >= 0.3 is 0 Å². The molecule has 0 unspecified atom stereocenters. The molecular weight excluding hydrogens is 170 g/mol. The van der Waals surface area contributed by atoms with E-state index in [1.165, 1.54) is 16.7 Å². The fourth-order valence-electron chi connectivity index (χ4n) is 1.18. The van der Waals surface area contributed by atoms with Crippen LogP contribution in [-0.4, -0.2) is 7.05 Å². The van der Waals surface area contributed by atoms with Crippen molar-refractivity contribution in [1.82, 2.24) is 5.32 Å². The topological polar surface area (TPSA) is 12.0 Å². The highest BCUT2D eigenvalue weighted by molar-refractivity contribution is 5.85.